The number of nitrogens with zero attached hydrogens (tertiary/aromatic N) is 2. The number of rotatable bonds is 5. The lowest BCUT2D eigenvalue weighted by molar-refractivity contribution is -0.132. The van der Waals surface area contributed by atoms with Gasteiger partial charge in [0.2, 0.25) is 0 Å². The van der Waals surface area contributed by atoms with Crippen LogP contribution in [0.1, 0.15) is 19.8 Å². The molecule has 1 fully saturated rings. The van der Waals surface area contributed by atoms with E-state index in [4.69, 9.17) is 9.47 Å². The quantitative estimate of drug-likeness (QED) is 0.631. The number of hydrogen-bond acceptors (Lipinski definition) is 6. The second kappa shape index (κ2) is 10.4. The van der Waals surface area contributed by atoms with Gasteiger partial charge in [0, 0.05) is 80.2 Å². The Balaban J connectivity index is 1.52. The lowest BCUT2D eigenvalue weighted by Crippen LogP contribution is -2.48. The number of methoxy groups -OCH3 is 1. The third kappa shape index (κ3) is 4.70. The van der Waals surface area contributed by atoms with Gasteiger partial charge in [-0.3, -0.25) is 19.5 Å². The summed E-state index contributed by atoms with van der Waals surface area (Å²) >= 11 is 0. The number of ether oxygens (including phenoxy) is 2. The minimum absolute atomic E-state index is 0.0191. The number of amides is 2. The van der Waals surface area contributed by atoms with Crippen molar-refractivity contribution < 1.29 is 19.1 Å². The minimum Gasteiger partial charge on any atom is -0.384 e. The van der Waals surface area contributed by atoms with Crippen LogP contribution in [0.5, 0.6) is 0 Å². The van der Waals surface area contributed by atoms with Crippen LogP contribution in [0.2, 0.25) is 0 Å². The number of allylic oxidation sites excluding steroid dienone is 4. The zero-order valence-electron chi connectivity index (χ0n) is 20.5. The van der Waals surface area contributed by atoms with E-state index in [0.717, 1.165) is 42.1 Å². The predicted octanol–water partition coefficient (Wildman–Crippen LogP) is 2.09. The first-order chi connectivity index (χ1) is 17.1. The monoisotopic (exact) mass is 478 g/mol. The van der Waals surface area contributed by atoms with Crippen LogP contribution >= 0.6 is 0 Å². The second-order valence-corrected chi connectivity index (χ2v) is 9.78. The van der Waals surface area contributed by atoms with Crippen LogP contribution in [0, 0.1) is 23.7 Å². The molecule has 4 atom stereocenters. The van der Waals surface area contributed by atoms with E-state index in [-0.39, 0.29) is 42.2 Å². The molecule has 0 aromatic heterocycles. The molecule has 5 aliphatic rings. The van der Waals surface area contributed by atoms with Crippen LogP contribution in [0.4, 0.5) is 0 Å². The van der Waals surface area contributed by atoms with Crippen LogP contribution in [0.15, 0.2) is 63.5 Å². The molecular weight excluding hydrogens is 444 g/mol. The van der Waals surface area contributed by atoms with Gasteiger partial charge in [-0.05, 0) is 23.5 Å². The lowest BCUT2D eigenvalue weighted by atomic mass is 9.60. The zero-order chi connectivity index (χ0) is 24.4. The molecular formula is C27H34N4O4. The summed E-state index contributed by atoms with van der Waals surface area (Å²) in [6.45, 7) is 5.55. The van der Waals surface area contributed by atoms with Gasteiger partial charge in [-0.2, -0.15) is 0 Å². The third-order valence-corrected chi connectivity index (χ3v) is 7.66. The maximum absolute atomic E-state index is 14.0. The maximum Gasteiger partial charge on any atom is 0.256 e. The van der Waals surface area contributed by atoms with E-state index < -0.39 is 0 Å². The molecule has 1 saturated heterocycles. The Hall–Kier alpha value is -2.81. The Morgan fingerprint density at radius 2 is 2.20 bits per heavy atom. The number of hydrogen-bond donors (Lipinski definition) is 2. The van der Waals surface area contributed by atoms with Crippen molar-refractivity contribution in [1.29, 1.82) is 0 Å². The van der Waals surface area contributed by atoms with Crippen molar-refractivity contribution in [3.8, 4) is 0 Å². The van der Waals surface area contributed by atoms with Crippen molar-refractivity contribution in [2.24, 2.45) is 28.7 Å². The summed E-state index contributed by atoms with van der Waals surface area (Å²) in [6, 6.07) is 0. The largest absolute Gasteiger partial charge is 0.384 e. The Bertz CT molecular complexity index is 1070. The number of aliphatic imine (C=N–C) groups is 1. The first-order valence-corrected chi connectivity index (χ1v) is 12.5. The molecule has 2 N–H and O–H groups in total. The molecule has 0 spiro atoms. The summed E-state index contributed by atoms with van der Waals surface area (Å²) < 4.78 is 11.7. The molecule has 3 heterocycles. The number of carbonyl (C=O) groups is 2. The van der Waals surface area contributed by atoms with E-state index in [1.165, 1.54) is 0 Å². The Morgan fingerprint density at radius 1 is 1.31 bits per heavy atom. The van der Waals surface area contributed by atoms with Gasteiger partial charge in [0.05, 0.1) is 13.2 Å². The van der Waals surface area contributed by atoms with Gasteiger partial charge in [0.1, 0.15) is 6.73 Å². The molecule has 0 aromatic rings. The van der Waals surface area contributed by atoms with Crippen LogP contribution in [0.3, 0.4) is 0 Å². The van der Waals surface area contributed by atoms with E-state index in [9.17, 15) is 9.59 Å². The summed E-state index contributed by atoms with van der Waals surface area (Å²) in [5, 5.41) is 6.40. The van der Waals surface area contributed by atoms with Gasteiger partial charge in [-0.1, -0.05) is 31.2 Å². The van der Waals surface area contributed by atoms with Gasteiger partial charge < -0.3 is 20.1 Å². The first kappa shape index (κ1) is 23.9. The smallest absolute Gasteiger partial charge is 0.256 e. The van der Waals surface area contributed by atoms with Crippen LogP contribution in [0.25, 0.3) is 0 Å². The van der Waals surface area contributed by atoms with Crippen molar-refractivity contribution in [3.05, 3.63) is 58.5 Å². The molecule has 3 aliphatic heterocycles. The van der Waals surface area contributed by atoms with E-state index in [1.807, 2.05) is 18.2 Å². The van der Waals surface area contributed by atoms with Crippen molar-refractivity contribution in [2.45, 2.75) is 19.8 Å². The molecule has 5 rings (SSSR count). The summed E-state index contributed by atoms with van der Waals surface area (Å²) in [5.74, 6) is -0.371. The number of dihydropyridines is 1. The Morgan fingerprint density at radius 3 is 2.94 bits per heavy atom. The normalized spacial score (nSPS) is 30.6. The fourth-order valence-corrected chi connectivity index (χ4v) is 5.89. The van der Waals surface area contributed by atoms with Crippen LogP contribution in [-0.4, -0.2) is 69.6 Å². The topological polar surface area (TPSA) is 92.3 Å². The van der Waals surface area contributed by atoms with Gasteiger partial charge in [-0.15, -0.1) is 0 Å². The molecule has 35 heavy (non-hydrogen) atoms. The van der Waals surface area contributed by atoms with Crippen LogP contribution < -0.4 is 10.6 Å². The molecule has 0 bridgehead atoms. The van der Waals surface area contributed by atoms with E-state index in [1.54, 1.807) is 18.2 Å². The predicted molar refractivity (Wildman–Crippen MR) is 133 cm³/mol. The molecule has 2 aliphatic carbocycles. The molecule has 4 unspecified atom stereocenters. The zero-order valence-corrected chi connectivity index (χ0v) is 20.5. The summed E-state index contributed by atoms with van der Waals surface area (Å²) in [7, 11) is 1.69. The molecule has 0 aromatic carbocycles. The van der Waals surface area contributed by atoms with Gasteiger partial charge in [0.15, 0.2) is 0 Å². The fourth-order valence-electron chi connectivity index (χ4n) is 5.89. The Labute approximate surface area is 206 Å². The summed E-state index contributed by atoms with van der Waals surface area (Å²) in [6.07, 6.45) is 13.2. The average Bonchev–Trinajstić information content (AvgIpc) is 2.87. The first-order valence-electron chi connectivity index (χ1n) is 12.5. The molecule has 0 radical (unpaired) electrons. The Kier molecular flexibility index (Phi) is 7.13. The van der Waals surface area contributed by atoms with E-state index >= 15 is 0 Å². The maximum atomic E-state index is 14.0. The molecule has 0 saturated carbocycles. The minimum atomic E-state index is -0.211. The highest BCUT2D eigenvalue weighted by atomic mass is 16.5. The van der Waals surface area contributed by atoms with Crippen molar-refractivity contribution in [3.63, 3.8) is 0 Å². The van der Waals surface area contributed by atoms with Gasteiger partial charge >= 0.3 is 0 Å². The van der Waals surface area contributed by atoms with E-state index in [0.29, 0.717) is 31.8 Å². The molecule has 8 heteroatoms. The third-order valence-electron chi connectivity index (χ3n) is 7.66. The highest BCUT2D eigenvalue weighted by molar-refractivity contribution is 5.99. The van der Waals surface area contributed by atoms with Gasteiger partial charge in [-0.25, -0.2) is 0 Å². The average molecular weight is 479 g/mol. The van der Waals surface area contributed by atoms with Crippen molar-refractivity contribution in [2.75, 3.05) is 46.7 Å². The summed E-state index contributed by atoms with van der Waals surface area (Å²) in [5.41, 5.74) is 4.38. The standard InChI is InChI=1S/C27H34N4O4/c1-17-13-22-24-18(14-35-16-31(27(22)33)20-7-11-29-12-8-20)3-4-21(25(24)23(17)15-34-2)26(32)30-19-5-9-28-10-6-19/h3-5,7,9,13,17,23-25,29H,6,8,10-12,14-16H2,1-2H3,(H,30,32). The highest BCUT2D eigenvalue weighted by Gasteiger charge is 2.48. The molecule has 2 amide bonds. The van der Waals surface area contributed by atoms with Crippen molar-refractivity contribution in [1.82, 2.24) is 15.5 Å². The molecule has 8 nitrogen and oxygen atoms in total. The number of nitrogens with one attached hydrogen (secondary N) is 2. The lowest BCUT2D eigenvalue weighted by Gasteiger charge is -2.46. The number of carbonyl (C=O) groups excluding carboxylic acids is 2. The van der Waals surface area contributed by atoms with Gasteiger partial charge in [0.25, 0.3) is 11.8 Å². The molecule has 186 valence electrons. The van der Waals surface area contributed by atoms with E-state index in [2.05, 4.69) is 34.7 Å². The van der Waals surface area contributed by atoms with Crippen molar-refractivity contribution >= 4 is 18.0 Å². The highest BCUT2D eigenvalue weighted by Crippen LogP contribution is 2.49. The SMILES string of the molecule is COCC1C(C)C=C2C(=O)N(C3=CCNCC3)COCC3=CC=C(C(=O)NC4=CC=NCC4)C1C32. The second-order valence-electron chi connectivity index (χ2n) is 9.78. The summed E-state index contributed by atoms with van der Waals surface area (Å²) in [4.78, 5) is 33.5. The fraction of sp³-hybridized carbons (Fsp3) is 0.519. The van der Waals surface area contributed by atoms with Crippen LogP contribution in [-0.2, 0) is 19.1 Å².